The number of carbonyl (C=O) groups excluding carboxylic acids is 5. The lowest BCUT2D eigenvalue weighted by molar-refractivity contribution is -0.139. The molecule has 3 aromatic carbocycles. The average molecular weight is 1000 g/mol. The number of halogens is 2. The maximum atomic E-state index is 13.8. The molecule has 3 fully saturated rings. The van der Waals surface area contributed by atoms with E-state index in [1.165, 1.54) is 29.4 Å². The van der Waals surface area contributed by atoms with E-state index in [1.54, 1.807) is 30.3 Å². The highest BCUT2D eigenvalue weighted by atomic mass is 35.5. The van der Waals surface area contributed by atoms with Gasteiger partial charge >= 0.3 is 0 Å². The lowest BCUT2D eigenvalue weighted by atomic mass is 10.0. The van der Waals surface area contributed by atoms with Crippen LogP contribution < -0.4 is 26.0 Å². The number of carbonyl (C=O) groups is 5. The first-order valence-corrected chi connectivity index (χ1v) is 24.5. The summed E-state index contributed by atoms with van der Waals surface area (Å²) < 4.78 is 37.0. The Hall–Kier alpha value is -6.29. The number of aromatic nitrogens is 2. The standard InChI is InChI=1S/C50H60ClFN10O9/c1-2-45(63)57-42-28-36-41(54-32-55-48(36)56-33-7-8-39(52)38(51)27-33)29-44(42)71-21-4-14-59-15-11-34(12-16-59)60-17-19-61(20-18-60)47(65)31-70-26-25-69-24-23-68-22-13-53-40-6-3-5-35-37(40)30-62(50(35)67)43-9-10-46(64)58-49(43)66/h2-3,5-8,27-29,32,34,43,53H,1,4,9-26,30-31H2,(H,57,63)(H,54,55,56)(H,58,64,66). The van der Waals surface area contributed by atoms with Crippen LogP contribution >= 0.6 is 11.6 Å². The van der Waals surface area contributed by atoms with Gasteiger partial charge in [-0.2, -0.15) is 0 Å². The number of amides is 5. The van der Waals surface area contributed by atoms with E-state index in [4.69, 9.17) is 30.5 Å². The molecule has 0 radical (unpaired) electrons. The van der Waals surface area contributed by atoms with Gasteiger partial charge in [-0.15, -0.1) is 0 Å². The first kappa shape index (κ1) is 51.1. The van der Waals surface area contributed by atoms with Crippen LogP contribution in [0.5, 0.6) is 5.75 Å². The average Bonchev–Trinajstić information content (AvgIpc) is 3.71. The van der Waals surface area contributed by atoms with Gasteiger partial charge in [-0.1, -0.05) is 24.2 Å². The minimum absolute atomic E-state index is 0.0149. The predicted octanol–water partition coefficient (Wildman–Crippen LogP) is 4.59. The number of nitrogens with one attached hydrogen (secondary N) is 4. The summed E-state index contributed by atoms with van der Waals surface area (Å²) in [5, 5.41) is 12.2. The van der Waals surface area contributed by atoms with Crippen molar-refractivity contribution in [3.05, 3.63) is 89.5 Å². The number of ether oxygens (including phenoxy) is 4. The van der Waals surface area contributed by atoms with Crippen molar-refractivity contribution in [3.63, 3.8) is 0 Å². The van der Waals surface area contributed by atoms with Gasteiger partial charge in [0.2, 0.25) is 23.6 Å². The van der Waals surface area contributed by atoms with Crippen molar-refractivity contribution in [3.8, 4) is 5.75 Å². The second kappa shape index (κ2) is 24.7. The molecule has 0 bridgehead atoms. The van der Waals surface area contributed by atoms with Crippen LogP contribution in [-0.4, -0.2) is 170 Å². The number of anilines is 4. The largest absolute Gasteiger partial charge is 0.491 e. The number of imide groups is 1. The molecule has 8 rings (SSSR count). The van der Waals surface area contributed by atoms with Crippen molar-refractivity contribution < 1.29 is 47.3 Å². The third kappa shape index (κ3) is 13.4. The maximum Gasteiger partial charge on any atom is 0.255 e. The number of fused-ring (bicyclic) bond motifs is 2. The third-order valence-corrected chi connectivity index (χ3v) is 13.4. The van der Waals surface area contributed by atoms with Gasteiger partial charge in [0.25, 0.3) is 5.91 Å². The van der Waals surface area contributed by atoms with E-state index in [2.05, 4.69) is 47.6 Å². The van der Waals surface area contributed by atoms with Crippen LogP contribution in [0.1, 0.15) is 48.0 Å². The van der Waals surface area contributed by atoms with Crippen LogP contribution in [0, 0.1) is 5.82 Å². The van der Waals surface area contributed by atoms with E-state index in [1.807, 2.05) is 11.0 Å². The lowest BCUT2D eigenvalue weighted by Crippen LogP contribution is -2.54. The second-order valence-corrected chi connectivity index (χ2v) is 18.1. The van der Waals surface area contributed by atoms with Crippen molar-refractivity contribution in [1.82, 2.24) is 34.9 Å². The van der Waals surface area contributed by atoms with Gasteiger partial charge < -0.3 is 49.6 Å². The number of benzene rings is 3. The molecule has 5 amide bonds. The first-order chi connectivity index (χ1) is 34.5. The first-order valence-electron chi connectivity index (χ1n) is 24.1. The van der Waals surface area contributed by atoms with Gasteiger partial charge in [0.05, 0.1) is 55.9 Å². The van der Waals surface area contributed by atoms with E-state index in [0.717, 1.165) is 63.2 Å². The van der Waals surface area contributed by atoms with Crippen LogP contribution in [0.3, 0.4) is 0 Å². The molecule has 0 spiro atoms. The van der Waals surface area contributed by atoms with Crippen LogP contribution in [0.25, 0.3) is 10.9 Å². The van der Waals surface area contributed by atoms with Gasteiger partial charge in [-0.3, -0.25) is 34.2 Å². The Bertz CT molecular complexity index is 2580. The molecule has 378 valence electrons. The van der Waals surface area contributed by atoms with Crippen LogP contribution in [0.15, 0.2) is 67.5 Å². The second-order valence-electron chi connectivity index (χ2n) is 17.7. The Balaban J connectivity index is 0.658. The Morgan fingerprint density at radius 3 is 2.42 bits per heavy atom. The van der Waals surface area contributed by atoms with E-state index in [-0.39, 0.29) is 35.8 Å². The van der Waals surface area contributed by atoms with Crippen molar-refractivity contribution >= 4 is 74.9 Å². The highest BCUT2D eigenvalue weighted by Gasteiger charge is 2.40. The Labute approximate surface area is 416 Å². The Morgan fingerprint density at radius 1 is 0.887 bits per heavy atom. The SMILES string of the molecule is C=CC(=O)Nc1cc2c(Nc3ccc(F)c(Cl)c3)ncnc2cc1OCCCN1CCC(N2CCN(C(=O)COCCOCCOCCNc3cccc4c3CN(C3CCC(=O)NC3=O)C4=O)CC2)CC1. The molecule has 5 heterocycles. The highest BCUT2D eigenvalue weighted by molar-refractivity contribution is 6.31. The fourth-order valence-corrected chi connectivity index (χ4v) is 9.49. The molecule has 1 unspecified atom stereocenters. The van der Waals surface area contributed by atoms with Crippen molar-refractivity contribution in [1.29, 1.82) is 0 Å². The van der Waals surface area contributed by atoms with Gasteiger partial charge in [0, 0.05) is 92.2 Å². The summed E-state index contributed by atoms with van der Waals surface area (Å²) in [6.07, 6.45) is 6.01. The van der Waals surface area contributed by atoms with E-state index in [9.17, 15) is 28.4 Å². The predicted molar refractivity (Wildman–Crippen MR) is 264 cm³/mol. The zero-order valence-corrected chi connectivity index (χ0v) is 40.4. The van der Waals surface area contributed by atoms with E-state index >= 15 is 0 Å². The minimum Gasteiger partial charge on any atom is -0.491 e. The number of rotatable bonds is 23. The lowest BCUT2D eigenvalue weighted by Gasteiger charge is -2.42. The summed E-state index contributed by atoms with van der Waals surface area (Å²) >= 11 is 5.98. The monoisotopic (exact) mass is 998 g/mol. The molecule has 1 aromatic heterocycles. The summed E-state index contributed by atoms with van der Waals surface area (Å²) in [6.45, 7) is 12.5. The molecule has 4 aliphatic heterocycles. The van der Waals surface area contributed by atoms with Crippen molar-refractivity contribution in [2.24, 2.45) is 0 Å². The van der Waals surface area contributed by atoms with E-state index < -0.39 is 23.7 Å². The molecular weight excluding hydrogens is 939 g/mol. The smallest absolute Gasteiger partial charge is 0.255 e. The van der Waals surface area contributed by atoms with Gasteiger partial charge in [0.15, 0.2) is 0 Å². The van der Waals surface area contributed by atoms with Crippen LogP contribution in [0.4, 0.5) is 27.3 Å². The molecule has 19 nitrogen and oxygen atoms in total. The molecule has 3 saturated heterocycles. The van der Waals surface area contributed by atoms with E-state index in [0.29, 0.717) is 118 Å². The number of likely N-dealkylation sites (tertiary alicyclic amines) is 1. The summed E-state index contributed by atoms with van der Waals surface area (Å²) in [7, 11) is 0. The van der Waals surface area contributed by atoms with Crippen molar-refractivity contribution in [2.45, 2.75) is 50.7 Å². The molecule has 4 aliphatic rings. The number of hydrogen-bond acceptors (Lipinski definition) is 15. The molecule has 4 aromatic rings. The summed E-state index contributed by atoms with van der Waals surface area (Å²) in [5.41, 5.74) is 3.75. The fourth-order valence-electron chi connectivity index (χ4n) is 9.31. The molecule has 0 aliphatic carbocycles. The number of hydrogen-bond donors (Lipinski definition) is 4. The number of piperazine rings is 1. The fraction of sp³-hybridized carbons (Fsp3) is 0.460. The molecule has 4 N–H and O–H groups in total. The Kier molecular flexibility index (Phi) is 17.8. The molecule has 21 heteroatoms. The topological polar surface area (TPSA) is 209 Å². The number of piperidine rings is 2. The molecule has 71 heavy (non-hydrogen) atoms. The molecule has 1 atom stereocenters. The maximum absolute atomic E-state index is 13.8. The van der Waals surface area contributed by atoms with Gasteiger partial charge in [-0.05, 0) is 81.2 Å². The molecule has 0 saturated carbocycles. The quantitative estimate of drug-likeness (QED) is 0.0455. The number of nitrogens with zero attached hydrogens (tertiary/aromatic N) is 6. The minimum atomic E-state index is -0.661. The Morgan fingerprint density at radius 2 is 1.66 bits per heavy atom. The molecular formula is C50H60ClFN10O9. The summed E-state index contributed by atoms with van der Waals surface area (Å²) in [5.74, 6) is -0.983. The zero-order chi connectivity index (χ0) is 49.7. The normalized spacial score (nSPS) is 17.8. The summed E-state index contributed by atoms with van der Waals surface area (Å²) in [4.78, 5) is 79.5. The van der Waals surface area contributed by atoms with Crippen molar-refractivity contribution in [2.75, 3.05) is 115 Å². The van der Waals surface area contributed by atoms with Crippen LogP contribution in [0.2, 0.25) is 5.02 Å². The highest BCUT2D eigenvalue weighted by Crippen LogP contribution is 2.35. The van der Waals surface area contributed by atoms with Crippen LogP contribution in [-0.2, 0) is 39.9 Å². The van der Waals surface area contributed by atoms with Gasteiger partial charge in [-0.25, -0.2) is 14.4 Å². The van der Waals surface area contributed by atoms with Gasteiger partial charge in [0.1, 0.15) is 36.4 Å². The zero-order valence-electron chi connectivity index (χ0n) is 39.6. The summed E-state index contributed by atoms with van der Waals surface area (Å²) in [6, 6.07) is 13.0. The third-order valence-electron chi connectivity index (χ3n) is 13.1.